The number of imidazole rings is 5. The first-order valence-corrected chi connectivity index (χ1v) is 26.9. The van der Waals surface area contributed by atoms with Crippen LogP contribution < -0.4 is 4.57 Å². The summed E-state index contributed by atoms with van der Waals surface area (Å²) in [6, 6.07) is 69.3. The van der Waals surface area contributed by atoms with Crippen LogP contribution in [0.4, 0.5) is 0 Å². The number of benzene rings is 9. The van der Waals surface area contributed by atoms with Gasteiger partial charge in [-0.3, -0.25) is 27.1 Å². The van der Waals surface area contributed by atoms with Crippen LogP contribution in [0.3, 0.4) is 0 Å². The van der Waals surface area contributed by atoms with Crippen molar-refractivity contribution in [3.05, 3.63) is 223 Å². The quantitative estimate of drug-likeness (QED) is 0.127. The van der Waals surface area contributed by atoms with Crippen molar-refractivity contribution in [3.63, 3.8) is 0 Å². The van der Waals surface area contributed by atoms with Crippen molar-refractivity contribution in [2.24, 2.45) is 0 Å². The van der Waals surface area contributed by atoms with Crippen molar-refractivity contribution in [1.82, 2.24) is 42.0 Å². The molecule has 0 atom stereocenters. The number of aromatic nitrogens is 10. The normalized spacial score (nSPS) is 12.6. The zero-order chi connectivity index (χ0) is 52.6. The summed E-state index contributed by atoms with van der Waals surface area (Å²) in [5.41, 5.74) is 20.8. The van der Waals surface area contributed by atoms with Crippen molar-refractivity contribution < 1.29 is 8.98 Å². The summed E-state index contributed by atoms with van der Waals surface area (Å²) in [4.78, 5) is 16.1. The number of rotatable bonds is 5. The maximum atomic E-state index is 7.09. The first kappa shape index (κ1) is 43.9. The van der Waals surface area contributed by atoms with Gasteiger partial charge in [0, 0.05) is 27.7 Å². The van der Waals surface area contributed by atoms with Gasteiger partial charge in [0.25, 0.3) is 6.33 Å². The molecule has 0 bridgehead atoms. The number of aryl methyl sites for hydroxylation is 2. The highest BCUT2D eigenvalue weighted by Crippen LogP contribution is 2.42. The molecule has 17 aromatic rings. The second-order valence-corrected chi connectivity index (χ2v) is 22.1. The van der Waals surface area contributed by atoms with Crippen LogP contribution in [0, 0.1) is 20.2 Å². The molecule has 11 heteroatoms. The topological polar surface area (TPSA) is 84.2 Å². The van der Waals surface area contributed by atoms with E-state index in [1.807, 2.05) is 12.3 Å². The number of furan rings is 1. The van der Waals surface area contributed by atoms with Crippen LogP contribution in [0.2, 0.25) is 0 Å². The van der Waals surface area contributed by atoms with Crippen LogP contribution in [-0.4, -0.2) is 42.0 Å². The Balaban J connectivity index is 0.983. The predicted molar refractivity (Wildman–Crippen MR) is 317 cm³/mol. The Bertz CT molecular complexity index is 5420. The van der Waals surface area contributed by atoms with Gasteiger partial charge >= 0.3 is 0 Å². The molecule has 17 rings (SSSR count). The fourth-order valence-electron chi connectivity index (χ4n) is 12.7. The molecule has 0 aliphatic heterocycles. The van der Waals surface area contributed by atoms with Gasteiger partial charge in [0.05, 0.1) is 88.9 Å². The molecule has 0 spiro atoms. The highest BCUT2D eigenvalue weighted by Gasteiger charge is 2.28. The van der Waals surface area contributed by atoms with Crippen LogP contribution >= 0.6 is 0 Å². The lowest BCUT2D eigenvalue weighted by Crippen LogP contribution is -2.31. The smallest absolute Gasteiger partial charge is 0.269 e. The average Bonchev–Trinajstić information content (AvgIpc) is 4.54. The van der Waals surface area contributed by atoms with Crippen LogP contribution in [0.1, 0.15) is 37.5 Å². The van der Waals surface area contributed by atoms with Gasteiger partial charge in [0.1, 0.15) is 11.4 Å². The van der Waals surface area contributed by atoms with Gasteiger partial charge in [-0.05, 0) is 115 Å². The third kappa shape index (κ3) is 6.01. The molecular weight excluding hydrogens is 973 g/mol. The van der Waals surface area contributed by atoms with E-state index in [2.05, 4.69) is 261 Å². The van der Waals surface area contributed by atoms with Gasteiger partial charge in [-0.2, -0.15) is 0 Å². The molecule has 0 N–H and O–H groups in total. The highest BCUT2D eigenvalue weighted by molar-refractivity contribution is 6.11. The van der Waals surface area contributed by atoms with Gasteiger partial charge < -0.3 is 8.98 Å². The first-order valence-electron chi connectivity index (χ1n) is 26.9. The maximum Gasteiger partial charge on any atom is 0.269 e. The third-order valence-corrected chi connectivity index (χ3v) is 16.5. The Morgan fingerprint density at radius 2 is 1.05 bits per heavy atom. The third-order valence-electron chi connectivity index (χ3n) is 16.5. The summed E-state index contributed by atoms with van der Waals surface area (Å²) < 4.78 is 23.1. The molecule has 79 heavy (non-hydrogen) atoms. The molecule has 376 valence electrons. The fourth-order valence-corrected chi connectivity index (χ4v) is 12.7. The van der Waals surface area contributed by atoms with Gasteiger partial charge in [-0.1, -0.05) is 136 Å². The molecule has 0 radical (unpaired) electrons. The van der Waals surface area contributed by atoms with Crippen molar-refractivity contribution in [3.8, 4) is 28.6 Å². The van der Waals surface area contributed by atoms with E-state index in [0.717, 1.165) is 139 Å². The van der Waals surface area contributed by atoms with E-state index in [0.29, 0.717) is 0 Å². The molecule has 0 amide bonds. The molecule has 0 aliphatic carbocycles. The van der Waals surface area contributed by atoms with Crippen molar-refractivity contribution in [1.29, 1.82) is 0 Å². The highest BCUT2D eigenvalue weighted by atomic mass is 16.3. The van der Waals surface area contributed by atoms with E-state index in [1.165, 1.54) is 16.3 Å². The predicted octanol–water partition coefficient (Wildman–Crippen LogP) is 15.5. The van der Waals surface area contributed by atoms with Crippen LogP contribution in [0.25, 0.3) is 139 Å². The van der Waals surface area contributed by atoms with Gasteiger partial charge in [0.2, 0.25) is 11.6 Å². The average molecular weight is 1020 g/mol. The lowest BCUT2D eigenvalue weighted by atomic mass is 9.88. The molecule has 11 nitrogen and oxygen atoms in total. The molecule has 8 heterocycles. The standard InChI is InChI=1S/C68H48N10O/c1-40-18-16-29-54-63(40)70-66-75(54)56-37-58-59(78(62-34-42(32-33-69-62)68(3,4)5)67-71-64-41(2)19-17-30-55(64)76(58)67)38-57(56)77(66)60-36-43(35-47-46-22-8-15-31-61(46)79-65(47)60)72-39-73(51-26-12-11-25-50(51)72)52-27-13-14-28-53(52)74-48-23-9-6-20-44(48)45-21-7-10-24-49(45)74/h6-38H,1-5H3. The van der Waals surface area contributed by atoms with E-state index >= 15 is 0 Å². The Labute approximate surface area is 451 Å². The zero-order valence-corrected chi connectivity index (χ0v) is 43.9. The summed E-state index contributed by atoms with van der Waals surface area (Å²) in [5.74, 6) is 2.36. The van der Waals surface area contributed by atoms with E-state index in [1.54, 1.807) is 0 Å². The summed E-state index contributed by atoms with van der Waals surface area (Å²) in [5, 5.41) is 4.42. The minimum atomic E-state index is -0.111. The van der Waals surface area contributed by atoms with E-state index in [4.69, 9.17) is 19.4 Å². The number of pyridine rings is 1. The molecule has 8 aromatic heterocycles. The van der Waals surface area contributed by atoms with Gasteiger partial charge in [0.15, 0.2) is 5.58 Å². The molecule has 0 saturated carbocycles. The van der Waals surface area contributed by atoms with Crippen molar-refractivity contribution >= 4 is 110 Å². The Morgan fingerprint density at radius 3 is 1.76 bits per heavy atom. The monoisotopic (exact) mass is 1020 g/mol. The van der Waals surface area contributed by atoms with Gasteiger partial charge in [-0.15, -0.1) is 0 Å². The molecule has 0 saturated heterocycles. The number of para-hydroxylation sites is 9. The summed E-state index contributed by atoms with van der Waals surface area (Å²) in [7, 11) is 0. The molecule has 0 aliphatic rings. The van der Waals surface area contributed by atoms with Gasteiger partial charge in [-0.25, -0.2) is 15.0 Å². The number of fused-ring (bicyclic) bond motifs is 17. The molecule has 0 fully saturated rings. The zero-order valence-electron chi connectivity index (χ0n) is 43.9. The van der Waals surface area contributed by atoms with E-state index in [-0.39, 0.29) is 5.41 Å². The fraction of sp³-hybridized carbons (Fsp3) is 0.0882. The first-order chi connectivity index (χ1) is 38.7. The second-order valence-electron chi connectivity index (χ2n) is 22.1. The molecular formula is C68H48N10O. The summed E-state index contributed by atoms with van der Waals surface area (Å²) in [6.45, 7) is 11.0. The lowest BCUT2D eigenvalue weighted by molar-refractivity contribution is -0.572. The largest absolute Gasteiger partial charge is 0.454 e. The minimum absolute atomic E-state index is 0.111. The second kappa shape index (κ2) is 15.7. The van der Waals surface area contributed by atoms with Crippen molar-refractivity contribution in [2.45, 2.75) is 40.0 Å². The van der Waals surface area contributed by atoms with Crippen LogP contribution in [0.15, 0.2) is 205 Å². The molecule has 0 unspecified atom stereocenters. The Morgan fingerprint density at radius 1 is 0.468 bits per heavy atom. The van der Waals surface area contributed by atoms with Crippen LogP contribution in [0.5, 0.6) is 0 Å². The van der Waals surface area contributed by atoms with E-state index < -0.39 is 0 Å². The van der Waals surface area contributed by atoms with E-state index in [9.17, 15) is 0 Å². The molecule has 9 aromatic carbocycles. The van der Waals surface area contributed by atoms with Crippen molar-refractivity contribution in [2.75, 3.05) is 0 Å². The maximum absolute atomic E-state index is 7.09. The summed E-state index contributed by atoms with van der Waals surface area (Å²) in [6.07, 6.45) is 5.86. The minimum Gasteiger partial charge on any atom is -0.454 e. The van der Waals surface area contributed by atoms with Crippen LogP contribution in [-0.2, 0) is 5.41 Å². The number of hydrogen-bond donors (Lipinski definition) is 0. The SMILES string of the molecule is Cc1cccc2c1nc1n(-c3cc(C(C)(C)C)ccn3)c3cc4c(cc3n21)n1c2cccc(C)c2nc1n4-c1cc(-n2[c-][n+](-c3ccccc3-n3c4ccccc4c4ccccc43)c3ccccc32)cc2c1oc1ccccc12. The lowest BCUT2D eigenvalue weighted by Gasteiger charge is -2.19. The Hall–Kier alpha value is -10.3. The summed E-state index contributed by atoms with van der Waals surface area (Å²) >= 11 is 0. The number of hydrogen-bond acceptors (Lipinski definition) is 4. The Kier molecular flexibility index (Phi) is 8.72. The number of nitrogens with zero attached hydrogens (tertiary/aromatic N) is 10.